The quantitative estimate of drug-likeness (QED) is 0.799. The molecule has 1 aliphatic heterocycles. The van der Waals surface area contributed by atoms with Gasteiger partial charge < -0.3 is 9.15 Å². The van der Waals surface area contributed by atoms with Crippen LogP contribution >= 0.6 is 11.3 Å². The summed E-state index contributed by atoms with van der Waals surface area (Å²) >= 11 is 1.54. The highest BCUT2D eigenvalue weighted by Crippen LogP contribution is 2.20. The van der Waals surface area contributed by atoms with Gasteiger partial charge in [0.15, 0.2) is 6.39 Å². The van der Waals surface area contributed by atoms with Gasteiger partial charge in [0.05, 0.1) is 18.8 Å². The summed E-state index contributed by atoms with van der Waals surface area (Å²) in [6, 6.07) is 0. The molecule has 120 valence electrons. The number of nitrogens with zero attached hydrogens (tertiary/aromatic N) is 5. The second-order valence-corrected chi connectivity index (χ2v) is 6.33. The van der Waals surface area contributed by atoms with Gasteiger partial charge in [-0.1, -0.05) is 11.3 Å². The van der Waals surface area contributed by atoms with Crippen LogP contribution in [0.1, 0.15) is 23.4 Å². The maximum Gasteiger partial charge on any atom is 0.294 e. The average Bonchev–Trinajstić information content (AvgIpc) is 3.12. The molecule has 0 atom stereocenters. The summed E-state index contributed by atoms with van der Waals surface area (Å²) in [5, 5.41) is 9.91. The molecule has 1 fully saturated rings. The van der Waals surface area contributed by atoms with E-state index >= 15 is 0 Å². The van der Waals surface area contributed by atoms with Crippen LogP contribution in [-0.4, -0.2) is 57.8 Å². The first-order chi connectivity index (χ1) is 10.7. The van der Waals surface area contributed by atoms with Gasteiger partial charge in [-0.3, -0.25) is 9.80 Å². The van der Waals surface area contributed by atoms with Crippen molar-refractivity contribution in [3.8, 4) is 5.19 Å². The summed E-state index contributed by atoms with van der Waals surface area (Å²) in [6.07, 6.45) is 1.52. The van der Waals surface area contributed by atoms with E-state index < -0.39 is 0 Å². The molecule has 0 radical (unpaired) electrons. The number of ether oxygens (including phenoxy) is 1. The largest absolute Gasteiger partial charge is 0.469 e. The summed E-state index contributed by atoms with van der Waals surface area (Å²) in [7, 11) is 0. The van der Waals surface area contributed by atoms with Crippen molar-refractivity contribution in [3.05, 3.63) is 22.9 Å². The zero-order valence-corrected chi connectivity index (χ0v) is 13.8. The molecule has 0 N–H and O–H groups in total. The van der Waals surface area contributed by atoms with Crippen molar-refractivity contribution in [1.29, 1.82) is 0 Å². The topological polar surface area (TPSA) is 67.5 Å². The molecule has 0 aromatic carbocycles. The van der Waals surface area contributed by atoms with Gasteiger partial charge in [0, 0.05) is 32.7 Å². The van der Waals surface area contributed by atoms with E-state index in [9.17, 15) is 0 Å². The molecular weight excluding hydrogens is 302 g/mol. The maximum absolute atomic E-state index is 5.36. The zero-order valence-electron chi connectivity index (χ0n) is 13.0. The number of piperazine rings is 1. The highest BCUT2D eigenvalue weighted by Gasteiger charge is 2.20. The fraction of sp³-hybridized carbons (Fsp3) is 0.643. The Hall–Kier alpha value is -1.51. The third kappa shape index (κ3) is 3.82. The van der Waals surface area contributed by atoms with E-state index in [1.54, 1.807) is 0 Å². The van der Waals surface area contributed by atoms with Gasteiger partial charge >= 0.3 is 0 Å². The molecule has 0 spiro atoms. The Balaban J connectivity index is 1.46. The van der Waals surface area contributed by atoms with Crippen molar-refractivity contribution in [3.63, 3.8) is 0 Å². The van der Waals surface area contributed by atoms with Crippen molar-refractivity contribution in [2.75, 3.05) is 32.8 Å². The molecule has 0 aliphatic carbocycles. The Morgan fingerprint density at radius 1 is 1.18 bits per heavy atom. The first-order valence-corrected chi connectivity index (χ1v) is 8.35. The Bertz CT molecular complexity index is 592. The maximum atomic E-state index is 5.36. The van der Waals surface area contributed by atoms with Gasteiger partial charge in [0.2, 0.25) is 0 Å². The molecule has 0 amide bonds. The number of hydrogen-bond donors (Lipinski definition) is 0. The van der Waals surface area contributed by atoms with E-state index in [2.05, 4.69) is 25.0 Å². The third-order valence-electron chi connectivity index (χ3n) is 3.76. The van der Waals surface area contributed by atoms with Crippen molar-refractivity contribution in [2.24, 2.45) is 0 Å². The summed E-state index contributed by atoms with van der Waals surface area (Å²) in [5.74, 6) is 0.916. The summed E-state index contributed by atoms with van der Waals surface area (Å²) in [6.45, 7) is 10.4. The molecule has 1 aliphatic rings. The lowest BCUT2D eigenvalue weighted by Gasteiger charge is -2.33. The van der Waals surface area contributed by atoms with E-state index in [4.69, 9.17) is 9.15 Å². The van der Waals surface area contributed by atoms with Gasteiger partial charge in [0.25, 0.3) is 5.19 Å². The van der Waals surface area contributed by atoms with Crippen LogP contribution in [0.15, 0.2) is 10.8 Å². The molecule has 0 saturated carbocycles. The molecule has 8 heteroatoms. The lowest BCUT2D eigenvalue weighted by Crippen LogP contribution is -2.45. The minimum absolute atomic E-state index is 0.634. The smallest absolute Gasteiger partial charge is 0.294 e. The molecular formula is C14H21N5O2S. The van der Waals surface area contributed by atoms with Crippen molar-refractivity contribution >= 4 is 11.3 Å². The molecule has 2 aromatic heterocycles. The van der Waals surface area contributed by atoms with Gasteiger partial charge in [-0.2, -0.15) is 0 Å². The molecule has 1 saturated heterocycles. The molecule has 2 aromatic rings. The van der Waals surface area contributed by atoms with Gasteiger partial charge in [-0.25, -0.2) is 4.98 Å². The number of aromatic nitrogens is 3. The Morgan fingerprint density at radius 3 is 2.55 bits per heavy atom. The second kappa shape index (κ2) is 7.17. The highest BCUT2D eigenvalue weighted by molar-refractivity contribution is 7.13. The van der Waals surface area contributed by atoms with Crippen molar-refractivity contribution in [1.82, 2.24) is 25.0 Å². The van der Waals surface area contributed by atoms with Crippen LogP contribution in [0.5, 0.6) is 5.19 Å². The Kier molecular flexibility index (Phi) is 5.01. The lowest BCUT2D eigenvalue weighted by molar-refractivity contribution is 0.120. The average molecular weight is 323 g/mol. The first-order valence-electron chi connectivity index (χ1n) is 7.53. The summed E-state index contributed by atoms with van der Waals surface area (Å²) in [5.41, 5.74) is 1.04. The van der Waals surface area contributed by atoms with Crippen LogP contribution in [-0.2, 0) is 13.1 Å². The van der Waals surface area contributed by atoms with Crippen LogP contribution in [0.4, 0.5) is 0 Å². The number of aryl methyl sites for hydroxylation is 1. The number of rotatable bonds is 6. The van der Waals surface area contributed by atoms with Crippen LogP contribution in [0.25, 0.3) is 0 Å². The molecule has 3 heterocycles. The number of oxazole rings is 1. The van der Waals surface area contributed by atoms with Crippen LogP contribution < -0.4 is 4.74 Å². The summed E-state index contributed by atoms with van der Waals surface area (Å²) in [4.78, 5) is 9.08. The minimum atomic E-state index is 0.634. The normalized spacial score (nSPS) is 17.0. The van der Waals surface area contributed by atoms with Gasteiger partial charge in [0.1, 0.15) is 10.8 Å². The van der Waals surface area contributed by atoms with Crippen LogP contribution in [0.2, 0.25) is 0 Å². The molecule has 3 rings (SSSR count). The van der Waals surface area contributed by atoms with Crippen LogP contribution in [0.3, 0.4) is 0 Å². The predicted octanol–water partition coefficient (Wildman–Crippen LogP) is 1.55. The lowest BCUT2D eigenvalue weighted by atomic mass is 10.2. The van der Waals surface area contributed by atoms with E-state index in [0.717, 1.165) is 55.7 Å². The molecule has 22 heavy (non-hydrogen) atoms. The fourth-order valence-electron chi connectivity index (χ4n) is 2.47. The van der Waals surface area contributed by atoms with E-state index in [1.807, 2.05) is 13.8 Å². The summed E-state index contributed by atoms with van der Waals surface area (Å²) < 4.78 is 10.6. The minimum Gasteiger partial charge on any atom is -0.469 e. The SMILES string of the molecule is CCOc1nnc(CN2CCN(Cc3ncoc3C)CC2)s1. The van der Waals surface area contributed by atoms with E-state index in [0.29, 0.717) is 11.8 Å². The predicted molar refractivity (Wildman–Crippen MR) is 82.9 cm³/mol. The Morgan fingerprint density at radius 2 is 1.91 bits per heavy atom. The van der Waals surface area contributed by atoms with Crippen molar-refractivity contribution < 1.29 is 9.15 Å². The highest BCUT2D eigenvalue weighted by atomic mass is 32.1. The standard InChI is InChI=1S/C14H21N5O2S/c1-3-20-14-17-16-13(22-14)9-19-6-4-18(5-7-19)8-12-11(2)21-10-15-12/h10H,3-9H2,1-2H3. The van der Waals surface area contributed by atoms with E-state index in [1.165, 1.54) is 17.7 Å². The van der Waals surface area contributed by atoms with Gasteiger partial charge in [-0.05, 0) is 13.8 Å². The monoisotopic (exact) mass is 323 g/mol. The molecule has 0 unspecified atom stereocenters. The molecule has 7 nitrogen and oxygen atoms in total. The molecule has 0 bridgehead atoms. The second-order valence-electron chi connectivity index (χ2n) is 5.30. The fourth-order valence-corrected chi connectivity index (χ4v) is 3.26. The van der Waals surface area contributed by atoms with Crippen LogP contribution in [0, 0.1) is 6.92 Å². The van der Waals surface area contributed by atoms with E-state index in [-0.39, 0.29) is 0 Å². The van der Waals surface area contributed by atoms with Gasteiger partial charge in [-0.15, -0.1) is 10.2 Å². The third-order valence-corrected chi connectivity index (χ3v) is 4.58. The zero-order chi connectivity index (χ0) is 15.4. The Labute approximate surface area is 133 Å². The number of hydrogen-bond acceptors (Lipinski definition) is 8. The van der Waals surface area contributed by atoms with Crippen molar-refractivity contribution in [2.45, 2.75) is 26.9 Å². The first kappa shape index (κ1) is 15.4.